The van der Waals surface area contributed by atoms with Gasteiger partial charge in [0.25, 0.3) is 5.91 Å². The van der Waals surface area contributed by atoms with Crippen molar-refractivity contribution >= 4 is 11.6 Å². The molecule has 26 heavy (non-hydrogen) atoms. The predicted octanol–water partition coefficient (Wildman–Crippen LogP) is 2.06. The van der Waals surface area contributed by atoms with E-state index in [1.165, 1.54) is 0 Å². The summed E-state index contributed by atoms with van der Waals surface area (Å²) in [5.41, 5.74) is 13.7. The molecule has 0 saturated carbocycles. The molecule has 3 aromatic rings. The Bertz CT molecular complexity index is 1050. The van der Waals surface area contributed by atoms with Crippen LogP contribution in [0.4, 0.5) is 13.2 Å². The number of hydrogen-bond acceptors (Lipinski definition) is 3. The van der Waals surface area contributed by atoms with Gasteiger partial charge in [0.05, 0.1) is 11.3 Å². The van der Waals surface area contributed by atoms with Gasteiger partial charge < -0.3 is 15.9 Å². The number of nitrogens with two attached hydrogens (primary N) is 2. The molecule has 8 heteroatoms. The zero-order valence-electron chi connectivity index (χ0n) is 13.5. The van der Waals surface area contributed by atoms with E-state index >= 15 is 0 Å². The first-order valence-electron chi connectivity index (χ1n) is 8.05. The van der Waals surface area contributed by atoms with Gasteiger partial charge in [0.1, 0.15) is 11.5 Å². The number of nitrogens with zero attached hydrogens (tertiary/aromatic N) is 2. The number of amides is 1. The minimum absolute atomic E-state index is 0.0224. The third-order valence-corrected chi connectivity index (χ3v) is 4.90. The maximum Gasteiger partial charge on any atom is 0.252 e. The molecule has 4 rings (SSSR count). The smallest absolute Gasteiger partial charge is 0.252 e. The number of carbonyl (C=O) groups is 1. The Balaban J connectivity index is 1.82. The van der Waals surface area contributed by atoms with E-state index in [1.54, 1.807) is 22.7 Å². The van der Waals surface area contributed by atoms with E-state index in [9.17, 15) is 18.0 Å². The van der Waals surface area contributed by atoms with Crippen LogP contribution in [0.3, 0.4) is 0 Å². The quantitative estimate of drug-likeness (QED) is 0.686. The van der Waals surface area contributed by atoms with Crippen LogP contribution in [0.25, 0.3) is 5.65 Å². The number of pyridine rings is 1. The van der Waals surface area contributed by atoms with Gasteiger partial charge in [-0.25, -0.2) is 18.2 Å². The molecule has 0 saturated heterocycles. The van der Waals surface area contributed by atoms with Crippen LogP contribution in [0.1, 0.15) is 33.2 Å². The van der Waals surface area contributed by atoms with Crippen molar-refractivity contribution in [3.63, 3.8) is 0 Å². The average molecular weight is 360 g/mol. The van der Waals surface area contributed by atoms with Crippen LogP contribution < -0.4 is 11.5 Å². The zero-order valence-corrected chi connectivity index (χ0v) is 13.5. The molecular weight excluding hydrogens is 345 g/mol. The molecule has 0 spiro atoms. The van der Waals surface area contributed by atoms with E-state index in [-0.39, 0.29) is 17.5 Å². The normalized spacial score (nSPS) is 19.5. The van der Waals surface area contributed by atoms with Crippen molar-refractivity contribution in [3.8, 4) is 0 Å². The zero-order chi connectivity index (χ0) is 18.6. The van der Waals surface area contributed by atoms with Gasteiger partial charge in [-0.1, -0.05) is 0 Å². The Morgan fingerprint density at radius 1 is 1.15 bits per heavy atom. The van der Waals surface area contributed by atoms with E-state index in [4.69, 9.17) is 11.5 Å². The standard InChI is InChI=1S/C18H15F3N4O/c19-11-6-13(21)12(20)4-9(11)10-5-15-16(7-14(10)22)25-3-1-2-8(17(23)26)18(25)24-15/h1-4,6,10,14H,5,7,22H2,(H2,23,26)/t10-,14+/m1/s1. The maximum atomic E-state index is 14.2. The van der Waals surface area contributed by atoms with Crippen LogP contribution >= 0.6 is 0 Å². The van der Waals surface area contributed by atoms with Crippen LogP contribution in [-0.4, -0.2) is 21.3 Å². The molecule has 0 radical (unpaired) electrons. The first-order chi connectivity index (χ1) is 12.4. The average Bonchev–Trinajstić information content (AvgIpc) is 2.95. The Hall–Kier alpha value is -2.87. The summed E-state index contributed by atoms with van der Waals surface area (Å²) in [6.45, 7) is 0. The molecule has 1 aliphatic carbocycles. The highest BCUT2D eigenvalue weighted by Crippen LogP contribution is 2.34. The second kappa shape index (κ2) is 5.84. The van der Waals surface area contributed by atoms with E-state index < -0.39 is 35.3 Å². The molecule has 2 heterocycles. The molecular formula is C18H15F3N4O. The third kappa shape index (κ3) is 2.45. The van der Waals surface area contributed by atoms with Gasteiger partial charge in [0.2, 0.25) is 0 Å². The van der Waals surface area contributed by atoms with Gasteiger partial charge >= 0.3 is 0 Å². The number of benzene rings is 1. The molecule has 1 amide bonds. The van der Waals surface area contributed by atoms with Gasteiger partial charge in [0, 0.05) is 36.3 Å². The topological polar surface area (TPSA) is 86.4 Å². The van der Waals surface area contributed by atoms with Crippen molar-refractivity contribution in [3.05, 3.63) is 70.4 Å². The fraction of sp³-hybridized carbons (Fsp3) is 0.222. The largest absolute Gasteiger partial charge is 0.365 e. The molecule has 0 unspecified atom stereocenters. The lowest BCUT2D eigenvalue weighted by Gasteiger charge is -2.29. The summed E-state index contributed by atoms with van der Waals surface area (Å²) in [6.07, 6.45) is 2.35. The Labute approximate surface area is 146 Å². The third-order valence-electron chi connectivity index (χ3n) is 4.90. The van der Waals surface area contributed by atoms with Crippen molar-refractivity contribution in [2.45, 2.75) is 24.8 Å². The molecule has 1 aliphatic rings. The minimum atomic E-state index is -1.24. The highest BCUT2D eigenvalue weighted by atomic mass is 19.2. The number of aromatic nitrogens is 2. The number of fused-ring (bicyclic) bond motifs is 3. The van der Waals surface area contributed by atoms with Crippen LogP contribution in [-0.2, 0) is 12.8 Å². The van der Waals surface area contributed by atoms with Crippen molar-refractivity contribution in [1.82, 2.24) is 9.38 Å². The summed E-state index contributed by atoms with van der Waals surface area (Å²) in [5, 5.41) is 0. The molecule has 0 bridgehead atoms. The lowest BCUT2D eigenvalue weighted by atomic mass is 9.80. The highest BCUT2D eigenvalue weighted by Gasteiger charge is 2.33. The first-order valence-corrected chi connectivity index (χ1v) is 8.05. The fourth-order valence-electron chi connectivity index (χ4n) is 3.62. The summed E-state index contributed by atoms with van der Waals surface area (Å²) in [6, 6.07) is 4.12. The number of imidazole rings is 1. The Kier molecular flexibility index (Phi) is 3.73. The number of hydrogen-bond donors (Lipinski definition) is 2. The molecule has 5 nitrogen and oxygen atoms in total. The van der Waals surface area contributed by atoms with E-state index in [0.717, 1.165) is 11.8 Å². The van der Waals surface area contributed by atoms with Crippen LogP contribution in [0.5, 0.6) is 0 Å². The monoisotopic (exact) mass is 360 g/mol. The molecule has 134 valence electrons. The molecule has 0 fully saturated rings. The lowest BCUT2D eigenvalue weighted by Crippen LogP contribution is -2.37. The molecule has 4 N–H and O–H groups in total. The van der Waals surface area contributed by atoms with Crippen molar-refractivity contribution < 1.29 is 18.0 Å². The lowest BCUT2D eigenvalue weighted by molar-refractivity contribution is 0.100. The van der Waals surface area contributed by atoms with Crippen LogP contribution in [0.15, 0.2) is 30.5 Å². The SMILES string of the molecule is NC(=O)c1cccn2c3c(nc12)C[C@H](c1cc(F)c(F)cc1F)[C@@H](N)C3. The van der Waals surface area contributed by atoms with Crippen molar-refractivity contribution in [1.29, 1.82) is 0 Å². The van der Waals surface area contributed by atoms with Gasteiger partial charge in [0.15, 0.2) is 11.6 Å². The Morgan fingerprint density at radius 2 is 1.88 bits per heavy atom. The summed E-state index contributed by atoms with van der Waals surface area (Å²) in [5.74, 6) is -4.36. The molecule has 0 aliphatic heterocycles. The second-order valence-corrected chi connectivity index (χ2v) is 6.45. The molecule has 1 aromatic carbocycles. The fourth-order valence-corrected chi connectivity index (χ4v) is 3.62. The molecule has 2 atom stereocenters. The second-order valence-electron chi connectivity index (χ2n) is 6.45. The van der Waals surface area contributed by atoms with Gasteiger partial charge in [-0.05, 0) is 30.2 Å². The first kappa shape index (κ1) is 16.6. The minimum Gasteiger partial charge on any atom is -0.365 e. The number of halogens is 3. The summed E-state index contributed by atoms with van der Waals surface area (Å²) in [4.78, 5) is 16.1. The Morgan fingerprint density at radius 3 is 2.62 bits per heavy atom. The summed E-state index contributed by atoms with van der Waals surface area (Å²) < 4.78 is 42.7. The van der Waals surface area contributed by atoms with Crippen LogP contribution in [0, 0.1) is 17.5 Å². The van der Waals surface area contributed by atoms with Gasteiger partial charge in [-0.3, -0.25) is 4.79 Å². The number of rotatable bonds is 2. The summed E-state index contributed by atoms with van der Waals surface area (Å²) in [7, 11) is 0. The van der Waals surface area contributed by atoms with E-state index in [0.29, 0.717) is 23.8 Å². The van der Waals surface area contributed by atoms with Gasteiger partial charge in [-0.2, -0.15) is 0 Å². The highest BCUT2D eigenvalue weighted by molar-refractivity contribution is 5.98. The van der Waals surface area contributed by atoms with Gasteiger partial charge in [-0.15, -0.1) is 0 Å². The number of primary amides is 1. The predicted molar refractivity (Wildman–Crippen MR) is 88.2 cm³/mol. The number of carbonyl (C=O) groups excluding carboxylic acids is 1. The van der Waals surface area contributed by atoms with Crippen molar-refractivity contribution in [2.24, 2.45) is 11.5 Å². The summed E-state index contributed by atoms with van der Waals surface area (Å²) >= 11 is 0. The molecule has 2 aromatic heterocycles. The van der Waals surface area contributed by atoms with Crippen LogP contribution in [0.2, 0.25) is 0 Å². The van der Waals surface area contributed by atoms with Crippen molar-refractivity contribution in [2.75, 3.05) is 0 Å². The van der Waals surface area contributed by atoms with E-state index in [1.807, 2.05) is 0 Å². The maximum absolute atomic E-state index is 14.2. The van der Waals surface area contributed by atoms with E-state index in [2.05, 4.69) is 4.98 Å².